The number of hydrogen-bond acceptors (Lipinski definition) is 6. The molecule has 0 aliphatic heterocycles. The number of hydrogen-bond donors (Lipinski definition) is 0. The molecular weight excluding hydrogens is 442 g/mol. The minimum atomic E-state index is -0.338. The summed E-state index contributed by atoms with van der Waals surface area (Å²) >= 11 is 6.06. The van der Waals surface area contributed by atoms with Gasteiger partial charge in [-0.1, -0.05) is 30.7 Å². The fraction of sp³-hybridized carbons (Fsp3) is 0.167. The maximum atomic E-state index is 13.4. The number of aryl methyl sites for hydroxylation is 1. The van der Waals surface area contributed by atoms with E-state index < -0.39 is 0 Å². The fourth-order valence-corrected chi connectivity index (χ4v) is 4.05. The van der Waals surface area contributed by atoms with Crippen LogP contribution < -0.4 is 15.0 Å². The summed E-state index contributed by atoms with van der Waals surface area (Å²) in [5.41, 5.74) is 4.23. The molecule has 0 amide bonds. The Kier molecular flexibility index (Phi) is 5.22. The van der Waals surface area contributed by atoms with E-state index in [2.05, 4.69) is 10.2 Å². The van der Waals surface area contributed by atoms with E-state index in [0.717, 1.165) is 16.8 Å². The summed E-state index contributed by atoms with van der Waals surface area (Å²) in [7, 11) is 3.12. The average Bonchev–Trinajstić information content (AvgIpc) is 3.23. The predicted molar refractivity (Wildman–Crippen MR) is 127 cm³/mol. The van der Waals surface area contributed by atoms with E-state index in [1.54, 1.807) is 49.2 Å². The average molecular weight is 462 g/mol. The van der Waals surface area contributed by atoms with Gasteiger partial charge in [-0.25, -0.2) is 4.52 Å². The number of fused-ring (bicyclic) bond motifs is 3. The van der Waals surface area contributed by atoms with E-state index in [1.807, 2.05) is 31.2 Å². The zero-order valence-electron chi connectivity index (χ0n) is 18.2. The third kappa shape index (κ3) is 3.39. The van der Waals surface area contributed by atoms with Crippen LogP contribution in [0.25, 0.3) is 33.5 Å². The van der Waals surface area contributed by atoms with Crippen molar-refractivity contribution in [2.75, 3.05) is 14.2 Å². The van der Waals surface area contributed by atoms with Crippen LogP contribution in [0.4, 0.5) is 0 Å². The number of halogens is 1. The highest BCUT2D eigenvalue weighted by Crippen LogP contribution is 2.31. The van der Waals surface area contributed by atoms with Crippen molar-refractivity contribution >= 4 is 28.3 Å². The minimum Gasteiger partial charge on any atom is -0.497 e. The van der Waals surface area contributed by atoms with E-state index in [0.29, 0.717) is 39.8 Å². The number of rotatable bonds is 5. The monoisotopic (exact) mass is 461 g/mol. The summed E-state index contributed by atoms with van der Waals surface area (Å²) in [6, 6.07) is 14.6. The van der Waals surface area contributed by atoms with E-state index in [4.69, 9.17) is 26.2 Å². The largest absolute Gasteiger partial charge is 0.497 e. The van der Waals surface area contributed by atoms with Crippen LogP contribution in [0, 0.1) is 0 Å². The normalized spacial score (nSPS) is 11.3. The second-order valence-electron chi connectivity index (χ2n) is 7.38. The second-order valence-corrected chi connectivity index (χ2v) is 7.82. The lowest BCUT2D eigenvalue weighted by Crippen LogP contribution is -2.20. The molecule has 0 radical (unpaired) electrons. The Morgan fingerprint density at radius 2 is 1.79 bits per heavy atom. The van der Waals surface area contributed by atoms with Crippen molar-refractivity contribution in [3.63, 3.8) is 0 Å². The molecule has 3 heterocycles. The Balaban J connectivity index is 1.76. The molecule has 166 valence electrons. The first kappa shape index (κ1) is 21.0. The Hall–Kier alpha value is -3.91. The molecule has 0 bridgehead atoms. The van der Waals surface area contributed by atoms with Gasteiger partial charge in [0.15, 0.2) is 11.2 Å². The number of benzene rings is 2. The van der Waals surface area contributed by atoms with Crippen LogP contribution >= 0.6 is 11.6 Å². The van der Waals surface area contributed by atoms with Crippen LogP contribution in [0.1, 0.15) is 12.6 Å². The molecule has 9 heteroatoms. The fourth-order valence-electron chi connectivity index (χ4n) is 3.93. The van der Waals surface area contributed by atoms with Crippen molar-refractivity contribution in [1.82, 2.24) is 24.4 Å². The first-order valence-corrected chi connectivity index (χ1v) is 10.7. The predicted octanol–water partition coefficient (Wildman–Crippen LogP) is 4.33. The molecule has 0 spiro atoms. The quantitative estimate of drug-likeness (QED) is 0.387. The second kappa shape index (κ2) is 8.22. The lowest BCUT2D eigenvalue weighted by molar-refractivity contribution is 0.401. The molecule has 0 saturated heterocycles. The van der Waals surface area contributed by atoms with E-state index >= 15 is 0 Å². The summed E-state index contributed by atoms with van der Waals surface area (Å²) in [6.45, 7) is 2.03. The molecule has 0 fully saturated rings. The SMILES string of the molecule is CCc1nn2c(nnc3c(=O)n(-c4cc(OC)ccc4OC)ccc32)c1-c1ccc(Cl)cc1. The van der Waals surface area contributed by atoms with Gasteiger partial charge in [0.2, 0.25) is 0 Å². The van der Waals surface area contributed by atoms with E-state index in [1.165, 1.54) is 4.57 Å². The molecule has 0 saturated carbocycles. The van der Waals surface area contributed by atoms with Crippen molar-refractivity contribution in [2.45, 2.75) is 13.3 Å². The summed E-state index contributed by atoms with van der Waals surface area (Å²) in [4.78, 5) is 13.4. The first-order chi connectivity index (χ1) is 16.0. The standard InChI is InChI=1S/C24H20ClN5O3/c1-4-17-21(14-5-7-15(25)8-6-14)23-27-26-22-18(30(23)28-17)11-12-29(24(22)31)19-13-16(32-2)9-10-20(19)33-3/h5-13H,4H2,1-3H3. The van der Waals surface area contributed by atoms with Crippen LogP contribution in [0.2, 0.25) is 5.02 Å². The van der Waals surface area contributed by atoms with Gasteiger partial charge in [0.1, 0.15) is 17.0 Å². The van der Waals surface area contributed by atoms with E-state index in [-0.39, 0.29) is 11.1 Å². The lowest BCUT2D eigenvalue weighted by atomic mass is 10.0. The number of nitrogens with zero attached hydrogens (tertiary/aromatic N) is 5. The van der Waals surface area contributed by atoms with Gasteiger partial charge in [0.25, 0.3) is 5.56 Å². The van der Waals surface area contributed by atoms with Crippen molar-refractivity contribution in [2.24, 2.45) is 0 Å². The smallest absolute Gasteiger partial charge is 0.285 e. The molecule has 0 atom stereocenters. The van der Waals surface area contributed by atoms with Crippen LogP contribution in [0.5, 0.6) is 11.5 Å². The zero-order chi connectivity index (χ0) is 23.1. The van der Waals surface area contributed by atoms with Crippen LogP contribution in [0.15, 0.2) is 59.5 Å². The maximum Gasteiger partial charge on any atom is 0.285 e. The van der Waals surface area contributed by atoms with Crippen molar-refractivity contribution in [3.8, 4) is 28.3 Å². The molecule has 2 aromatic carbocycles. The number of aromatic nitrogens is 5. The van der Waals surface area contributed by atoms with Gasteiger partial charge in [0, 0.05) is 17.3 Å². The zero-order valence-corrected chi connectivity index (χ0v) is 19.0. The van der Waals surface area contributed by atoms with Crippen molar-refractivity contribution in [3.05, 3.63) is 75.8 Å². The van der Waals surface area contributed by atoms with Gasteiger partial charge in [-0.3, -0.25) is 9.36 Å². The minimum absolute atomic E-state index is 0.197. The maximum absolute atomic E-state index is 13.4. The molecule has 8 nitrogen and oxygen atoms in total. The van der Waals surface area contributed by atoms with Crippen LogP contribution in [0.3, 0.4) is 0 Å². The van der Waals surface area contributed by atoms with Gasteiger partial charge >= 0.3 is 0 Å². The molecule has 0 N–H and O–H groups in total. The molecule has 0 aliphatic carbocycles. The molecule has 5 rings (SSSR count). The summed E-state index contributed by atoms with van der Waals surface area (Å²) in [5.74, 6) is 1.13. The van der Waals surface area contributed by atoms with Crippen LogP contribution in [-0.4, -0.2) is 38.6 Å². The van der Waals surface area contributed by atoms with Gasteiger partial charge < -0.3 is 9.47 Å². The Morgan fingerprint density at radius 1 is 1.00 bits per heavy atom. The highest BCUT2D eigenvalue weighted by molar-refractivity contribution is 6.30. The highest BCUT2D eigenvalue weighted by atomic mass is 35.5. The third-order valence-electron chi connectivity index (χ3n) is 5.57. The molecule has 3 aromatic heterocycles. The number of ether oxygens (including phenoxy) is 2. The molecule has 33 heavy (non-hydrogen) atoms. The molecule has 5 aromatic rings. The van der Waals surface area contributed by atoms with Crippen LogP contribution in [-0.2, 0) is 6.42 Å². The molecule has 0 aliphatic rings. The number of pyridine rings is 1. The summed E-state index contributed by atoms with van der Waals surface area (Å²) < 4.78 is 13.9. The van der Waals surface area contributed by atoms with Crippen molar-refractivity contribution < 1.29 is 9.47 Å². The topological polar surface area (TPSA) is 83.5 Å². The Bertz CT molecular complexity index is 1560. The Morgan fingerprint density at radius 3 is 2.48 bits per heavy atom. The van der Waals surface area contributed by atoms with Gasteiger partial charge in [-0.15, -0.1) is 10.2 Å². The van der Waals surface area contributed by atoms with Gasteiger partial charge in [0.05, 0.1) is 31.2 Å². The number of methoxy groups -OCH3 is 2. The summed E-state index contributed by atoms with van der Waals surface area (Å²) in [5, 5.41) is 14.1. The van der Waals surface area contributed by atoms with Gasteiger partial charge in [-0.2, -0.15) is 5.10 Å². The van der Waals surface area contributed by atoms with Gasteiger partial charge in [-0.05, 0) is 42.3 Å². The molecule has 0 unspecified atom stereocenters. The highest BCUT2D eigenvalue weighted by Gasteiger charge is 2.19. The summed E-state index contributed by atoms with van der Waals surface area (Å²) in [6.07, 6.45) is 2.37. The molecular formula is C24H20ClN5O3. The van der Waals surface area contributed by atoms with Crippen molar-refractivity contribution in [1.29, 1.82) is 0 Å². The lowest BCUT2D eigenvalue weighted by Gasteiger charge is -2.13. The van der Waals surface area contributed by atoms with E-state index in [9.17, 15) is 4.79 Å². The first-order valence-electron chi connectivity index (χ1n) is 10.3. The third-order valence-corrected chi connectivity index (χ3v) is 5.82. The Labute approximate surface area is 194 Å².